The molecule has 0 bridgehead atoms. The Labute approximate surface area is 220 Å². The van der Waals surface area contributed by atoms with Crippen LogP contribution in [0.3, 0.4) is 0 Å². The molecule has 196 valence electrons. The van der Waals surface area contributed by atoms with Crippen molar-refractivity contribution in [2.24, 2.45) is 0 Å². The smallest absolute Gasteiger partial charge is 0.410 e. The van der Waals surface area contributed by atoms with Crippen LogP contribution >= 0.6 is 23.2 Å². The zero-order valence-corrected chi connectivity index (χ0v) is 22.5. The highest BCUT2D eigenvalue weighted by Gasteiger charge is 2.28. The van der Waals surface area contributed by atoms with Crippen molar-refractivity contribution in [2.75, 3.05) is 18.4 Å². The summed E-state index contributed by atoms with van der Waals surface area (Å²) in [6.07, 6.45) is 0.556. The van der Waals surface area contributed by atoms with Gasteiger partial charge in [-0.3, -0.25) is 14.9 Å². The van der Waals surface area contributed by atoms with E-state index in [9.17, 15) is 19.7 Å². The van der Waals surface area contributed by atoms with E-state index in [0.717, 1.165) is 6.07 Å². The molecule has 0 aliphatic carbocycles. The Morgan fingerprint density at radius 3 is 2.28 bits per heavy atom. The van der Waals surface area contributed by atoms with Gasteiger partial charge in [0.1, 0.15) is 17.5 Å². The van der Waals surface area contributed by atoms with E-state index in [2.05, 4.69) is 5.32 Å². The van der Waals surface area contributed by atoms with Gasteiger partial charge in [-0.15, -0.1) is 0 Å². The van der Waals surface area contributed by atoms with Crippen LogP contribution < -0.4 is 10.1 Å². The molecule has 1 fully saturated rings. The fourth-order valence-electron chi connectivity index (χ4n) is 3.35. The minimum atomic E-state index is -0.575. The van der Waals surface area contributed by atoms with E-state index in [-0.39, 0.29) is 34.2 Å². The van der Waals surface area contributed by atoms with Crippen LogP contribution in [0.4, 0.5) is 16.2 Å². The lowest BCUT2D eigenvalue weighted by molar-refractivity contribution is -0.384. The Balaban J connectivity index is 0.00000222. The third-order valence-corrected chi connectivity index (χ3v) is 5.53. The first-order chi connectivity index (χ1) is 16.9. The lowest BCUT2D eigenvalue weighted by atomic mass is 10.1. The zero-order valence-electron chi connectivity index (χ0n) is 21.0. The maximum Gasteiger partial charge on any atom is 0.410 e. The summed E-state index contributed by atoms with van der Waals surface area (Å²) in [4.78, 5) is 37.2. The number of nitrogens with one attached hydrogen (secondary N) is 1. The number of likely N-dealkylation sites (tertiary alicyclic amines) is 1. The van der Waals surface area contributed by atoms with Crippen LogP contribution in [0.5, 0.6) is 5.75 Å². The quantitative estimate of drug-likeness (QED) is 0.324. The van der Waals surface area contributed by atoms with E-state index in [4.69, 9.17) is 32.7 Å². The van der Waals surface area contributed by atoms with Crippen molar-refractivity contribution in [1.82, 2.24) is 4.90 Å². The zero-order chi connectivity index (χ0) is 27.0. The molecule has 1 heterocycles. The number of carbonyl (C=O) groups excluding carboxylic acids is 2. The van der Waals surface area contributed by atoms with Gasteiger partial charge in [-0.2, -0.15) is 0 Å². The third-order valence-electron chi connectivity index (χ3n) is 4.99. The molecule has 2 aromatic rings. The second-order valence-corrected chi connectivity index (χ2v) is 9.64. The van der Waals surface area contributed by atoms with E-state index in [1.807, 2.05) is 34.6 Å². The molecule has 0 spiro atoms. The molecule has 1 aliphatic rings. The summed E-state index contributed by atoms with van der Waals surface area (Å²) >= 11 is 12.2. The molecule has 1 N–H and O–H groups in total. The van der Waals surface area contributed by atoms with Gasteiger partial charge in [0, 0.05) is 43.1 Å². The van der Waals surface area contributed by atoms with Crippen LogP contribution in [0.2, 0.25) is 10.0 Å². The lowest BCUT2D eigenvalue weighted by Crippen LogP contribution is -2.44. The number of rotatable bonds is 5. The second-order valence-electron chi connectivity index (χ2n) is 8.80. The monoisotopic (exact) mass is 539 g/mol. The summed E-state index contributed by atoms with van der Waals surface area (Å²) in [5.74, 6) is -0.199. The third kappa shape index (κ3) is 8.27. The molecule has 0 unspecified atom stereocenters. The number of non-ortho nitro benzene ring substituents is 1. The first-order valence-electron chi connectivity index (χ1n) is 11.6. The second kappa shape index (κ2) is 12.8. The van der Waals surface area contributed by atoms with Gasteiger partial charge in [0.15, 0.2) is 0 Å². The Morgan fingerprint density at radius 1 is 1.08 bits per heavy atom. The maximum absolute atomic E-state index is 13.0. The molecule has 36 heavy (non-hydrogen) atoms. The highest BCUT2D eigenvalue weighted by Crippen LogP contribution is 2.30. The van der Waals surface area contributed by atoms with E-state index in [1.54, 1.807) is 17.0 Å². The van der Waals surface area contributed by atoms with Gasteiger partial charge in [-0.1, -0.05) is 37.0 Å². The predicted molar refractivity (Wildman–Crippen MR) is 140 cm³/mol. The van der Waals surface area contributed by atoms with Crippen molar-refractivity contribution in [2.45, 2.75) is 59.2 Å². The number of nitrogens with zero attached hydrogens (tertiary/aromatic N) is 2. The Bertz CT molecular complexity index is 1100. The molecule has 11 heteroatoms. The molecular formula is C25H31Cl2N3O6. The first-order valence-corrected chi connectivity index (χ1v) is 12.4. The molecule has 2 aromatic carbocycles. The van der Waals surface area contributed by atoms with Crippen molar-refractivity contribution in [1.29, 1.82) is 0 Å². The number of amides is 2. The number of anilines is 1. The van der Waals surface area contributed by atoms with Gasteiger partial charge < -0.3 is 19.7 Å². The number of piperidine rings is 1. The van der Waals surface area contributed by atoms with Crippen LogP contribution in [-0.4, -0.2) is 46.6 Å². The van der Waals surface area contributed by atoms with Gasteiger partial charge in [0.25, 0.3) is 11.6 Å². The number of carbonyl (C=O) groups is 2. The largest absolute Gasteiger partial charge is 0.489 e. The molecule has 2 amide bonds. The van der Waals surface area contributed by atoms with Crippen LogP contribution in [0.15, 0.2) is 36.4 Å². The molecule has 1 aliphatic heterocycles. The average Bonchev–Trinajstić information content (AvgIpc) is 2.82. The molecule has 3 rings (SSSR count). The molecule has 0 radical (unpaired) electrons. The van der Waals surface area contributed by atoms with Crippen molar-refractivity contribution < 1.29 is 24.0 Å². The summed E-state index contributed by atoms with van der Waals surface area (Å²) in [7, 11) is 0. The highest BCUT2D eigenvalue weighted by atomic mass is 35.5. The molecule has 1 saturated heterocycles. The summed E-state index contributed by atoms with van der Waals surface area (Å²) in [6.45, 7) is 10.4. The number of nitro groups is 1. The standard InChI is InChI=1S/C23H25Cl2N3O6.C2H6/c1-23(2,3)34-22(30)27-10-8-16(9-11-27)33-20-7-4-14(24)12-17(20)21(29)26-19-6-5-15(28(31)32)13-18(19)25;1-2/h4-7,12-13,16H,8-11H2,1-3H3,(H,26,29);1-2H3. The SMILES string of the molecule is CC.CC(C)(C)OC(=O)N1CCC(Oc2ccc(Cl)cc2C(=O)Nc2ccc([N+](=O)[O-])cc2Cl)CC1. The summed E-state index contributed by atoms with van der Waals surface area (Å²) < 4.78 is 11.5. The van der Waals surface area contributed by atoms with Crippen molar-refractivity contribution in [3.63, 3.8) is 0 Å². The number of ether oxygens (including phenoxy) is 2. The summed E-state index contributed by atoms with van der Waals surface area (Å²) in [5.41, 5.74) is -0.347. The normalized spacial score (nSPS) is 13.8. The van der Waals surface area contributed by atoms with Gasteiger partial charge in [0.05, 0.1) is 21.2 Å². The van der Waals surface area contributed by atoms with E-state index in [1.165, 1.54) is 18.2 Å². The topological polar surface area (TPSA) is 111 Å². The molecule has 0 aromatic heterocycles. The molecule has 0 atom stereocenters. The highest BCUT2D eigenvalue weighted by molar-refractivity contribution is 6.34. The predicted octanol–water partition coefficient (Wildman–Crippen LogP) is 6.96. The van der Waals surface area contributed by atoms with Gasteiger partial charge in [-0.25, -0.2) is 4.79 Å². The number of halogens is 2. The van der Waals surface area contributed by atoms with Crippen LogP contribution in [0.25, 0.3) is 0 Å². The average molecular weight is 540 g/mol. The number of hydrogen-bond acceptors (Lipinski definition) is 6. The summed E-state index contributed by atoms with van der Waals surface area (Å²) in [6, 6.07) is 8.45. The fourth-order valence-corrected chi connectivity index (χ4v) is 3.75. The van der Waals surface area contributed by atoms with Crippen LogP contribution in [-0.2, 0) is 4.74 Å². The number of nitro benzene ring substituents is 1. The molecule has 9 nitrogen and oxygen atoms in total. The van der Waals surface area contributed by atoms with Gasteiger partial charge >= 0.3 is 6.09 Å². The molecule has 0 saturated carbocycles. The Hall–Kier alpha value is -3.04. The van der Waals surface area contributed by atoms with E-state index in [0.29, 0.717) is 36.7 Å². The minimum Gasteiger partial charge on any atom is -0.489 e. The Kier molecular flexibility index (Phi) is 10.4. The van der Waals surface area contributed by atoms with Gasteiger partial charge in [0.2, 0.25) is 0 Å². The first kappa shape index (κ1) is 29.2. The minimum absolute atomic E-state index is 0.0292. The van der Waals surface area contributed by atoms with Crippen molar-refractivity contribution in [3.8, 4) is 5.75 Å². The van der Waals surface area contributed by atoms with Crippen LogP contribution in [0.1, 0.15) is 57.8 Å². The van der Waals surface area contributed by atoms with Crippen molar-refractivity contribution >= 4 is 46.6 Å². The van der Waals surface area contributed by atoms with E-state index < -0.39 is 16.4 Å². The van der Waals surface area contributed by atoms with Crippen molar-refractivity contribution in [3.05, 3.63) is 62.1 Å². The molecular weight excluding hydrogens is 509 g/mol. The maximum atomic E-state index is 13.0. The number of benzene rings is 2. The fraction of sp³-hybridized carbons (Fsp3) is 0.440. The number of hydrogen-bond donors (Lipinski definition) is 1. The summed E-state index contributed by atoms with van der Waals surface area (Å²) in [5, 5.41) is 13.9. The van der Waals surface area contributed by atoms with Gasteiger partial charge in [-0.05, 0) is 45.0 Å². The van der Waals surface area contributed by atoms with Crippen LogP contribution in [0, 0.1) is 10.1 Å². The lowest BCUT2D eigenvalue weighted by Gasteiger charge is -2.33. The Morgan fingerprint density at radius 2 is 1.72 bits per heavy atom. The van der Waals surface area contributed by atoms with E-state index >= 15 is 0 Å².